The molecule has 0 bridgehead atoms. The van der Waals surface area contributed by atoms with E-state index in [4.69, 9.17) is 5.11 Å². The smallest absolute Gasteiger partial charge is 0.334 e. The predicted octanol–water partition coefficient (Wildman–Crippen LogP) is 2.23. The third kappa shape index (κ3) is 4.03. The molecule has 110 valence electrons. The summed E-state index contributed by atoms with van der Waals surface area (Å²) in [5.74, 6) is -0.412. The number of para-hydroxylation sites is 1. The monoisotopic (exact) mass is 309 g/mol. The molecule has 2 rings (SSSR count). The van der Waals surface area contributed by atoms with Gasteiger partial charge in [-0.05, 0) is 29.8 Å². The maximum atomic E-state index is 13.1. The quantitative estimate of drug-likeness (QED) is 0.848. The lowest BCUT2D eigenvalue weighted by Gasteiger charge is -2.08. The second-order valence-corrected chi connectivity index (χ2v) is 5.64. The standard InChI is InChI=1S/C14H12FNO4S/c15-21(19,20)13-4-2-1-3-12(13)16-14(18)9-10-5-7-11(17)8-6-10/h1-8,17H,9H2,(H,16,18). The van der Waals surface area contributed by atoms with Crippen molar-refractivity contribution in [3.8, 4) is 5.75 Å². The number of hydrogen-bond donors (Lipinski definition) is 2. The number of phenols is 1. The van der Waals surface area contributed by atoms with Gasteiger partial charge >= 0.3 is 10.2 Å². The van der Waals surface area contributed by atoms with Gasteiger partial charge in [0.25, 0.3) is 0 Å². The van der Waals surface area contributed by atoms with Gasteiger partial charge in [-0.15, -0.1) is 3.89 Å². The molecule has 0 spiro atoms. The van der Waals surface area contributed by atoms with Crippen molar-refractivity contribution in [1.29, 1.82) is 0 Å². The Labute approximate surface area is 121 Å². The topological polar surface area (TPSA) is 83.5 Å². The van der Waals surface area contributed by atoms with Gasteiger partial charge in [0.15, 0.2) is 0 Å². The number of amides is 1. The van der Waals surface area contributed by atoms with Gasteiger partial charge in [-0.3, -0.25) is 4.79 Å². The summed E-state index contributed by atoms with van der Waals surface area (Å²) >= 11 is 0. The summed E-state index contributed by atoms with van der Waals surface area (Å²) in [5, 5.41) is 11.5. The molecule has 0 aliphatic heterocycles. The van der Waals surface area contributed by atoms with Gasteiger partial charge in [0.05, 0.1) is 12.1 Å². The van der Waals surface area contributed by atoms with Crippen molar-refractivity contribution in [1.82, 2.24) is 0 Å². The normalized spacial score (nSPS) is 11.1. The molecule has 0 unspecified atom stereocenters. The van der Waals surface area contributed by atoms with Crippen LogP contribution in [0.5, 0.6) is 5.75 Å². The molecule has 0 saturated carbocycles. The van der Waals surface area contributed by atoms with Crippen molar-refractivity contribution in [2.24, 2.45) is 0 Å². The van der Waals surface area contributed by atoms with Crippen LogP contribution in [0.4, 0.5) is 9.57 Å². The van der Waals surface area contributed by atoms with E-state index < -0.39 is 21.0 Å². The SMILES string of the molecule is O=C(Cc1ccc(O)cc1)Nc1ccccc1S(=O)(=O)F. The number of phenolic OH excluding ortho intramolecular Hbond substituents is 1. The predicted molar refractivity (Wildman–Crippen MR) is 75.2 cm³/mol. The highest BCUT2D eigenvalue weighted by atomic mass is 32.3. The number of anilines is 1. The van der Waals surface area contributed by atoms with E-state index in [9.17, 15) is 17.1 Å². The van der Waals surface area contributed by atoms with Gasteiger partial charge in [-0.25, -0.2) is 0 Å². The average molecular weight is 309 g/mol. The average Bonchev–Trinajstić information content (AvgIpc) is 2.41. The van der Waals surface area contributed by atoms with Gasteiger partial charge in [-0.1, -0.05) is 24.3 Å². The summed E-state index contributed by atoms with van der Waals surface area (Å²) in [7, 11) is -4.91. The molecule has 0 heterocycles. The molecule has 1 amide bonds. The number of halogens is 1. The van der Waals surface area contributed by atoms with Crippen molar-refractivity contribution >= 4 is 21.8 Å². The number of carbonyl (C=O) groups excluding carboxylic acids is 1. The first-order chi connectivity index (χ1) is 9.86. The summed E-state index contributed by atoms with van der Waals surface area (Å²) in [6.07, 6.45) is -0.0268. The Morgan fingerprint density at radius 3 is 2.33 bits per heavy atom. The van der Waals surface area contributed by atoms with Gasteiger partial charge in [0.2, 0.25) is 5.91 Å². The molecule has 2 aromatic carbocycles. The van der Waals surface area contributed by atoms with E-state index in [1.165, 1.54) is 30.3 Å². The van der Waals surface area contributed by atoms with Crippen molar-refractivity contribution in [3.63, 3.8) is 0 Å². The number of carbonyl (C=O) groups is 1. The lowest BCUT2D eigenvalue weighted by Crippen LogP contribution is -2.16. The molecule has 0 radical (unpaired) electrons. The number of benzene rings is 2. The largest absolute Gasteiger partial charge is 0.508 e. The van der Waals surface area contributed by atoms with E-state index in [2.05, 4.69) is 5.32 Å². The first-order valence-corrected chi connectivity index (χ1v) is 7.36. The number of hydrogen-bond acceptors (Lipinski definition) is 4. The Balaban J connectivity index is 2.15. The van der Waals surface area contributed by atoms with Crippen LogP contribution in [0, 0.1) is 0 Å². The summed E-state index contributed by atoms with van der Waals surface area (Å²) in [4.78, 5) is 11.3. The van der Waals surface area contributed by atoms with Crippen LogP contribution >= 0.6 is 0 Å². The molecule has 2 aromatic rings. The van der Waals surface area contributed by atoms with E-state index in [1.54, 1.807) is 12.1 Å². The minimum Gasteiger partial charge on any atom is -0.508 e. The Morgan fingerprint density at radius 1 is 1.10 bits per heavy atom. The fraction of sp³-hybridized carbons (Fsp3) is 0.0714. The Bertz CT molecular complexity index is 757. The van der Waals surface area contributed by atoms with E-state index in [0.717, 1.165) is 6.07 Å². The summed E-state index contributed by atoms with van der Waals surface area (Å²) in [6, 6.07) is 11.2. The van der Waals surface area contributed by atoms with Crippen molar-refractivity contribution in [2.45, 2.75) is 11.3 Å². The van der Waals surface area contributed by atoms with Gasteiger partial charge in [0.1, 0.15) is 10.6 Å². The first-order valence-electron chi connectivity index (χ1n) is 5.98. The Kier molecular flexibility index (Phi) is 4.23. The molecule has 0 saturated heterocycles. The van der Waals surface area contributed by atoms with Crippen LogP contribution in [0.1, 0.15) is 5.56 Å². The minimum atomic E-state index is -4.91. The molecular weight excluding hydrogens is 297 g/mol. The number of nitrogens with one attached hydrogen (secondary N) is 1. The summed E-state index contributed by atoms with van der Waals surface area (Å²) in [6.45, 7) is 0. The maximum Gasteiger partial charge on any atom is 0.334 e. The molecule has 7 heteroatoms. The molecular formula is C14H12FNO4S. The molecule has 0 aliphatic carbocycles. The molecule has 0 aromatic heterocycles. The van der Waals surface area contributed by atoms with Crippen LogP contribution in [-0.2, 0) is 21.4 Å². The zero-order valence-electron chi connectivity index (χ0n) is 10.8. The van der Waals surface area contributed by atoms with E-state index in [0.29, 0.717) is 5.56 Å². The van der Waals surface area contributed by atoms with E-state index >= 15 is 0 Å². The van der Waals surface area contributed by atoms with Gasteiger partial charge in [-0.2, -0.15) is 8.42 Å². The lowest BCUT2D eigenvalue weighted by molar-refractivity contribution is -0.115. The summed E-state index contributed by atoms with van der Waals surface area (Å²) < 4.78 is 35.1. The van der Waals surface area contributed by atoms with Crippen molar-refractivity contribution in [2.75, 3.05) is 5.32 Å². The second-order valence-electron chi connectivity index (χ2n) is 4.33. The summed E-state index contributed by atoms with van der Waals surface area (Å²) in [5.41, 5.74) is 0.523. The maximum absolute atomic E-state index is 13.1. The first kappa shape index (κ1) is 15.0. The van der Waals surface area contributed by atoms with Gasteiger partial charge < -0.3 is 10.4 Å². The van der Waals surface area contributed by atoms with Crippen LogP contribution in [0.2, 0.25) is 0 Å². The number of rotatable bonds is 4. The molecule has 2 N–H and O–H groups in total. The van der Waals surface area contributed by atoms with Crippen molar-refractivity contribution < 1.29 is 22.2 Å². The molecule has 0 fully saturated rings. The van der Waals surface area contributed by atoms with E-state index in [1.807, 2.05) is 0 Å². The van der Waals surface area contributed by atoms with Crippen LogP contribution in [0.25, 0.3) is 0 Å². The fourth-order valence-corrected chi connectivity index (χ4v) is 2.40. The third-order valence-corrected chi connectivity index (χ3v) is 3.61. The van der Waals surface area contributed by atoms with Crippen LogP contribution in [0.15, 0.2) is 53.4 Å². The zero-order chi connectivity index (χ0) is 15.5. The third-order valence-electron chi connectivity index (χ3n) is 2.72. The van der Waals surface area contributed by atoms with E-state index in [-0.39, 0.29) is 17.9 Å². The number of aromatic hydroxyl groups is 1. The molecule has 5 nitrogen and oxygen atoms in total. The second kappa shape index (κ2) is 5.92. The highest BCUT2D eigenvalue weighted by Gasteiger charge is 2.18. The van der Waals surface area contributed by atoms with Crippen LogP contribution in [-0.4, -0.2) is 19.4 Å². The van der Waals surface area contributed by atoms with Crippen LogP contribution < -0.4 is 5.32 Å². The van der Waals surface area contributed by atoms with Crippen molar-refractivity contribution in [3.05, 3.63) is 54.1 Å². The molecule has 0 aliphatic rings. The highest BCUT2D eigenvalue weighted by molar-refractivity contribution is 7.86. The highest BCUT2D eigenvalue weighted by Crippen LogP contribution is 2.22. The van der Waals surface area contributed by atoms with Gasteiger partial charge in [0, 0.05) is 0 Å². The van der Waals surface area contributed by atoms with Crippen LogP contribution in [0.3, 0.4) is 0 Å². The molecule has 0 atom stereocenters. The lowest BCUT2D eigenvalue weighted by atomic mass is 10.1. The molecule has 21 heavy (non-hydrogen) atoms. The fourth-order valence-electron chi connectivity index (χ4n) is 1.78. The minimum absolute atomic E-state index is 0.0268. The zero-order valence-corrected chi connectivity index (χ0v) is 11.6. The Hall–Kier alpha value is -2.41. The Morgan fingerprint density at radius 2 is 1.71 bits per heavy atom.